The summed E-state index contributed by atoms with van der Waals surface area (Å²) < 4.78 is 1.50. The molecule has 0 unspecified atom stereocenters. The van der Waals surface area contributed by atoms with Crippen LogP contribution in [0.1, 0.15) is 19.4 Å². The van der Waals surface area contributed by atoms with Crippen molar-refractivity contribution in [1.29, 1.82) is 0 Å². The number of pyridine rings is 1. The molecular formula is C10H17NO2. The molecule has 1 rings (SSSR count). The zero-order valence-electron chi connectivity index (χ0n) is 8.45. The molecule has 0 aliphatic heterocycles. The van der Waals surface area contributed by atoms with E-state index in [0.29, 0.717) is 6.54 Å². The molecule has 0 aromatic carbocycles. The third-order valence-electron chi connectivity index (χ3n) is 1.47. The minimum absolute atomic E-state index is 0.00333. The van der Waals surface area contributed by atoms with E-state index in [1.165, 1.54) is 10.6 Å². The largest absolute Gasteiger partial charge is 0.395 e. The Balaban J connectivity index is 0.000000671. The molecular weight excluding hydrogens is 166 g/mol. The Morgan fingerprint density at radius 3 is 2.54 bits per heavy atom. The van der Waals surface area contributed by atoms with Crippen LogP contribution in [0.5, 0.6) is 0 Å². The molecule has 3 heteroatoms. The maximum Gasteiger partial charge on any atom is 0.250 e. The molecule has 1 aromatic heterocycles. The highest BCUT2D eigenvalue weighted by Crippen LogP contribution is 1.90. The van der Waals surface area contributed by atoms with Gasteiger partial charge in [0.05, 0.1) is 6.61 Å². The summed E-state index contributed by atoms with van der Waals surface area (Å²) in [5.41, 5.74) is 0.961. The molecule has 1 heterocycles. The van der Waals surface area contributed by atoms with Gasteiger partial charge < -0.3 is 9.67 Å². The summed E-state index contributed by atoms with van der Waals surface area (Å²) in [6.07, 6.45) is 1.73. The van der Waals surface area contributed by atoms with Crippen molar-refractivity contribution in [3.05, 3.63) is 34.2 Å². The molecule has 0 amide bonds. The monoisotopic (exact) mass is 183 g/mol. The van der Waals surface area contributed by atoms with Crippen LogP contribution in [-0.4, -0.2) is 16.3 Å². The molecule has 0 spiro atoms. The molecule has 0 aliphatic rings. The highest BCUT2D eigenvalue weighted by Gasteiger charge is 1.92. The van der Waals surface area contributed by atoms with Crippen molar-refractivity contribution in [2.24, 2.45) is 0 Å². The normalized spacial score (nSPS) is 8.92. The van der Waals surface area contributed by atoms with Gasteiger partial charge in [-0.2, -0.15) is 0 Å². The molecule has 1 N–H and O–H groups in total. The lowest BCUT2D eigenvalue weighted by molar-refractivity contribution is 0.274. The Kier molecular flexibility index (Phi) is 5.89. The number of aryl methyl sites for hydroxylation is 1. The van der Waals surface area contributed by atoms with Crippen LogP contribution < -0.4 is 5.56 Å². The topological polar surface area (TPSA) is 42.2 Å². The second-order valence-corrected chi connectivity index (χ2v) is 2.46. The summed E-state index contributed by atoms with van der Waals surface area (Å²) in [5, 5.41) is 8.58. The van der Waals surface area contributed by atoms with E-state index in [1.54, 1.807) is 12.3 Å². The fourth-order valence-electron chi connectivity index (χ4n) is 0.933. The van der Waals surface area contributed by atoms with Gasteiger partial charge in [-0.25, -0.2) is 0 Å². The maximum atomic E-state index is 11.0. The Bertz CT molecular complexity index is 291. The molecule has 0 radical (unpaired) electrons. The van der Waals surface area contributed by atoms with E-state index in [4.69, 9.17) is 5.11 Å². The van der Waals surface area contributed by atoms with E-state index in [2.05, 4.69) is 0 Å². The van der Waals surface area contributed by atoms with Crippen LogP contribution in [0.3, 0.4) is 0 Å². The summed E-state index contributed by atoms with van der Waals surface area (Å²) in [6.45, 7) is 6.29. The predicted octanol–water partition coefficient (Wildman–Crippen LogP) is 1.18. The van der Waals surface area contributed by atoms with Crippen LogP contribution in [0.2, 0.25) is 0 Å². The molecule has 0 atom stereocenters. The Hall–Kier alpha value is -1.09. The second kappa shape index (κ2) is 6.43. The van der Waals surface area contributed by atoms with Crippen LogP contribution >= 0.6 is 0 Å². The first kappa shape index (κ1) is 11.9. The van der Waals surface area contributed by atoms with Crippen molar-refractivity contribution in [3.8, 4) is 0 Å². The zero-order chi connectivity index (χ0) is 10.3. The third-order valence-corrected chi connectivity index (χ3v) is 1.47. The minimum Gasteiger partial charge on any atom is -0.395 e. The molecule has 1 aromatic rings. The summed E-state index contributed by atoms with van der Waals surface area (Å²) in [7, 11) is 0. The van der Waals surface area contributed by atoms with Crippen molar-refractivity contribution < 1.29 is 5.11 Å². The SMILES string of the molecule is CC.Cc1ccc(=O)n(CCO)c1. The number of aromatic nitrogens is 1. The summed E-state index contributed by atoms with van der Waals surface area (Å²) in [6, 6.07) is 3.27. The van der Waals surface area contributed by atoms with Gasteiger partial charge in [-0.1, -0.05) is 19.9 Å². The lowest BCUT2D eigenvalue weighted by Crippen LogP contribution is -2.20. The van der Waals surface area contributed by atoms with Gasteiger partial charge in [-0.05, 0) is 12.5 Å². The molecule has 0 saturated heterocycles. The number of hydrogen-bond acceptors (Lipinski definition) is 2. The first-order valence-corrected chi connectivity index (χ1v) is 4.52. The van der Waals surface area contributed by atoms with Crippen molar-refractivity contribution in [3.63, 3.8) is 0 Å². The lowest BCUT2D eigenvalue weighted by Gasteiger charge is -2.02. The summed E-state index contributed by atoms with van der Waals surface area (Å²) >= 11 is 0. The van der Waals surface area contributed by atoms with Crippen molar-refractivity contribution >= 4 is 0 Å². The number of hydrogen-bond donors (Lipinski definition) is 1. The average Bonchev–Trinajstić information content (AvgIpc) is 2.15. The smallest absolute Gasteiger partial charge is 0.250 e. The van der Waals surface area contributed by atoms with Gasteiger partial charge in [0, 0.05) is 18.8 Å². The van der Waals surface area contributed by atoms with Crippen LogP contribution in [-0.2, 0) is 6.54 Å². The minimum atomic E-state index is -0.0651. The van der Waals surface area contributed by atoms with Crippen LogP contribution in [0.25, 0.3) is 0 Å². The van der Waals surface area contributed by atoms with Gasteiger partial charge in [0.15, 0.2) is 0 Å². The van der Waals surface area contributed by atoms with Crippen molar-refractivity contribution in [1.82, 2.24) is 4.57 Å². The Morgan fingerprint density at radius 1 is 1.38 bits per heavy atom. The fraction of sp³-hybridized carbons (Fsp3) is 0.500. The van der Waals surface area contributed by atoms with Gasteiger partial charge in [0.2, 0.25) is 0 Å². The average molecular weight is 183 g/mol. The van der Waals surface area contributed by atoms with Gasteiger partial charge in [-0.15, -0.1) is 0 Å². The van der Waals surface area contributed by atoms with E-state index >= 15 is 0 Å². The molecule has 0 saturated carbocycles. The van der Waals surface area contributed by atoms with Crippen molar-refractivity contribution in [2.45, 2.75) is 27.3 Å². The first-order chi connectivity index (χ1) is 6.24. The number of rotatable bonds is 2. The lowest BCUT2D eigenvalue weighted by atomic mass is 10.3. The van der Waals surface area contributed by atoms with E-state index in [9.17, 15) is 4.79 Å². The molecule has 0 bridgehead atoms. The third kappa shape index (κ3) is 3.90. The molecule has 0 fully saturated rings. The Morgan fingerprint density at radius 2 is 2.00 bits per heavy atom. The molecule has 0 aliphatic carbocycles. The van der Waals surface area contributed by atoms with Crippen molar-refractivity contribution in [2.75, 3.05) is 6.61 Å². The fourth-order valence-corrected chi connectivity index (χ4v) is 0.933. The van der Waals surface area contributed by atoms with Gasteiger partial charge in [0.1, 0.15) is 0 Å². The maximum absolute atomic E-state index is 11.0. The van der Waals surface area contributed by atoms with E-state index < -0.39 is 0 Å². The van der Waals surface area contributed by atoms with Gasteiger partial charge >= 0.3 is 0 Å². The van der Waals surface area contributed by atoms with E-state index in [0.717, 1.165) is 5.56 Å². The highest BCUT2D eigenvalue weighted by atomic mass is 16.3. The van der Waals surface area contributed by atoms with Gasteiger partial charge in [0.25, 0.3) is 5.56 Å². The van der Waals surface area contributed by atoms with Crippen LogP contribution in [0.4, 0.5) is 0 Å². The summed E-state index contributed by atoms with van der Waals surface area (Å²) in [4.78, 5) is 11.0. The van der Waals surface area contributed by atoms with Crippen LogP contribution in [0, 0.1) is 6.92 Å². The standard InChI is InChI=1S/C8H11NO2.C2H6/c1-7-2-3-8(11)9(6-7)4-5-10;1-2/h2-3,6,10H,4-5H2,1H3;1-2H3. The zero-order valence-corrected chi connectivity index (χ0v) is 8.45. The molecule has 3 nitrogen and oxygen atoms in total. The quantitative estimate of drug-likeness (QED) is 0.748. The second-order valence-electron chi connectivity index (χ2n) is 2.46. The molecule has 13 heavy (non-hydrogen) atoms. The van der Waals surface area contributed by atoms with Crippen LogP contribution in [0.15, 0.2) is 23.1 Å². The molecule has 74 valence electrons. The number of nitrogens with zero attached hydrogens (tertiary/aromatic N) is 1. The number of aliphatic hydroxyl groups is 1. The highest BCUT2D eigenvalue weighted by molar-refractivity contribution is 5.06. The van der Waals surface area contributed by atoms with Gasteiger partial charge in [-0.3, -0.25) is 4.79 Å². The number of aliphatic hydroxyl groups excluding tert-OH is 1. The predicted molar refractivity (Wildman–Crippen MR) is 53.9 cm³/mol. The Labute approximate surface area is 78.6 Å². The van der Waals surface area contributed by atoms with E-state index in [-0.39, 0.29) is 12.2 Å². The first-order valence-electron chi connectivity index (χ1n) is 4.52. The van der Waals surface area contributed by atoms with E-state index in [1.807, 2.05) is 20.8 Å². The summed E-state index contributed by atoms with van der Waals surface area (Å²) in [5.74, 6) is 0.